The first kappa shape index (κ1) is 11.1. The molecule has 1 aromatic heterocycles. The Hall–Kier alpha value is -1.80. The van der Waals surface area contributed by atoms with Gasteiger partial charge in [-0.3, -0.25) is 0 Å². The van der Waals surface area contributed by atoms with Crippen LogP contribution < -0.4 is 5.32 Å². The van der Waals surface area contributed by atoms with Gasteiger partial charge in [0.2, 0.25) is 0 Å². The fraction of sp³-hybridized carbons (Fsp3) is 0.294. The third-order valence-corrected chi connectivity index (χ3v) is 4.25. The largest absolute Gasteiger partial charge is 0.339 e. The second-order valence-electron chi connectivity index (χ2n) is 5.44. The smallest absolute Gasteiger partial charge is 0.0491 e. The summed E-state index contributed by atoms with van der Waals surface area (Å²) in [6.07, 6.45) is 2.60. The Labute approximate surface area is 113 Å². The van der Waals surface area contributed by atoms with Crippen LogP contribution in [0.25, 0.3) is 21.8 Å². The van der Waals surface area contributed by atoms with Gasteiger partial charge in [0.15, 0.2) is 0 Å². The average Bonchev–Trinajstić information content (AvgIpc) is 3.08. The molecule has 4 rings (SSSR count). The Balaban J connectivity index is 1.94. The van der Waals surface area contributed by atoms with Crippen LogP contribution in [0.5, 0.6) is 0 Å². The average molecular weight is 250 g/mol. The lowest BCUT2D eigenvalue weighted by molar-refractivity contribution is 0.527. The van der Waals surface area contributed by atoms with Gasteiger partial charge in [0.1, 0.15) is 0 Å². The molecule has 0 bridgehead atoms. The number of fused-ring (bicyclic) bond motifs is 3. The molecule has 1 atom stereocenters. The number of aromatic nitrogens is 1. The highest BCUT2D eigenvalue weighted by Gasteiger charge is 2.17. The van der Waals surface area contributed by atoms with Gasteiger partial charge in [-0.1, -0.05) is 36.4 Å². The number of nitrogens with one attached hydrogen (secondary N) is 1. The molecule has 0 unspecified atom stereocenters. The zero-order valence-electron chi connectivity index (χ0n) is 11.0. The van der Waals surface area contributed by atoms with Gasteiger partial charge in [0.25, 0.3) is 0 Å². The first-order valence-corrected chi connectivity index (χ1v) is 7.13. The maximum atomic E-state index is 3.60. The molecule has 1 aliphatic rings. The topological polar surface area (TPSA) is 17.0 Å². The third-order valence-electron chi connectivity index (χ3n) is 4.25. The van der Waals surface area contributed by atoms with Crippen LogP contribution in [-0.4, -0.2) is 17.2 Å². The van der Waals surface area contributed by atoms with Crippen LogP contribution >= 0.6 is 0 Å². The molecule has 0 spiro atoms. The van der Waals surface area contributed by atoms with E-state index < -0.39 is 0 Å². The number of benzene rings is 2. The summed E-state index contributed by atoms with van der Waals surface area (Å²) in [6.45, 7) is 2.25. The molecule has 96 valence electrons. The molecule has 2 heterocycles. The normalized spacial score (nSPS) is 19.5. The van der Waals surface area contributed by atoms with Gasteiger partial charge < -0.3 is 9.88 Å². The summed E-state index contributed by atoms with van der Waals surface area (Å²) in [5, 5.41) is 6.35. The lowest BCUT2D eigenvalue weighted by Crippen LogP contribution is -2.26. The van der Waals surface area contributed by atoms with Crippen LogP contribution in [0.1, 0.15) is 12.8 Å². The molecule has 0 radical (unpaired) electrons. The van der Waals surface area contributed by atoms with Crippen LogP contribution in [0.2, 0.25) is 0 Å². The van der Waals surface area contributed by atoms with Crippen molar-refractivity contribution in [1.29, 1.82) is 0 Å². The lowest BCUT2D eigenvalue weighted by Gasteiger charge is -2.13. The fourth-order valence-electron chi connectivity index (χ4n) is 3.33. The molecule has 0 aliphatic carbocycles. The van der Waals surface area contributed by atoms with Crippen LogP contribution in [0.15, 0.2) is 48.5 Å². The van der Waals surface area contributed by atoms with Crippen molar-refractivity contribution in [3.63, 3.8) is 0 Å². The molecular weight excluding hydrogens is 232 g/mol. The predicted octanol–water partition coefficient (Wildman–Crippen LogP) is 3.55. The summed E-state index contributed by atoms with van der Waals surface area (Å²) in [6, 6.07) is 18.1. The van der Waals surface area contributed by atoms with E-state index in [9.17, 15) is 0 Å². The molecule has 1 N–H and O–H groups in total. The lowest BCUT2D eigenvalue weighted by atomic mass is 10.2. The van der Waals surface area contributed by atoms with Crippen LogP contribution in [0.4, 0.5) is 0 Å². The molecule has 1 aliphatic heterocycles. The van der Waals surface area contributed by atoms with E-state index in [0.717, 1.165) is 6.54 Å². The Morgan fingerprint density at radius 2 is 1.58 bits per heavy atom. The van der Waals surface area contributed by atoms with Crippen molar-refractivity contribution in [3.8, 4) is 0 Å². The molecule has 1 saturated heterocycles. The van der Waals surface area contributed by atoms with E-state index in [1.54, 1.807) is 0 Å². The minimum absolute atomic E-state index is 0.624. The van der Waals surface area contributed by atoms with Gasteiger partial charge in [0.05, 0.1) is 0 Å². The van der Waals surface area contributed by atoms with Crippen molar-refractivity contribution < 1.29 is 0 Å². The number of rotatable bonds is 2. The van der Waals surface area contributed by atoms with Crippen molar-refractivity contribution in [3.05, 3.63) is 48.5 Å². The Morgan fingerprint density at radius 1 is 0.947 bits per heavy atom. The summed E-state index contributed by atoms with van der Waals surface area (Å²) in [5.74, 6) is 0. The maximum absolute atomic E-state index is 3.60. The molecule has 19 heavy (non-hydrogen) atoms. The van der Waals surface area contributed by atoms with Crippen molar-refractivity contribution >= 4 is 21.8 Å². The van der Waals surface area contributed by atoms with Crippen LogP contribution in [0, 0.1) is 0 Å². The number of nitrogens with zero attached hydrogens (tertiary/aromatic N) is 1. The van der Waals surface area contributed by atoms with E-state index in [4.69, 9.17) is 0 Å². The van der Waals surface area contributed by atoms with E-state index in [1.807, 2.05) is 0 Å². The molecule has 0 amide bonds. The minimum atomic E-state index is 0.624. The molecule has 3 aromatic rings. The highest BCUT2D eigenvalue weighted by Crippen LogP contribution is 2.29. The number of para-hydroxylation sites is 2. The summed E-state index contributed by atoms with van der Waals surface area (Å²) in [4.78, 5) is 0. The molecule has 1 fully saturated rings. The van der Waals surface area contributed by atoms with Gasteiger partial charge >= 0.3 is 0 Å². The van der Waals surface area contributed by atoms with Crippen molar-refractivity contribution in [2.45, 2.75) is 25.4 Å². The van der Waals surface area contributed by atoms with Crippen molar-refractivity contribution in [2.75, 3.05) is 6.54 Å². The molecule has 0 saturated carbocycles. The molecule has 2 heteroatoms. The molecule has 2 aromatic carbocycles. The van der Waals surface area contributed by atoms with E-state index >= 15 is 0 Å². The predicted molar refractivity (Wildman–Crippen MR) is 80.5 cm³/mol. The van der Waals surface area contributed by atoms with Gasteiger partial charge in [-0.05, 0) is 31.5 Å². The summed E-state index contributed by atoms with van der Waals surface area (Å²) in [5.41, 5.74) is 2.72. The Bertz CT molecular complexity index is 667. The SMILES string of the molecule is c1ccc2c(c1)c1ccccc1n2C[C@@H]1CCCN1. The zero-order chi connectivity index (χ0) is 12.7. The number of hydrogen-bond donors (Lipinski definition) is 1. The third kappa shape index (κ3) is 1.75. The molecular formula is C17H18N2. The zero-order valence-corrected chi connectivity index (χ0v) is 11.0. The van der Waals surface area contributed by atoms with Crippen molar-refractivity contribution in [2.24, 2.45) is 0 Å². The highest BCUT2D eigenvalue weighted by atomic mass is 15.0. The summed E-state index contributed by atoms with van der Waals surface area (Å²) in [7, 11) is 0. The minimum Gasteiger partial charge on any atom is -0.339 e. The quantitative estimate of drug-likeness (QED) is 0.736. The fourth-order valence-corrected chi connectivity index (χ4v) is 3.33. The summed E-state index contributed by atoms with van der Waals surface area (Å²) >= 11 is 0. The van der Waals surface area contributed by atoms with Gasteiger partial charge in [-0.15, -0.1) is 0 Å². The summed E-state index contributed by atoms with van der Waals surface area (Å²) < 4.78 is 2.48. The van der Waals surface area contributed by atoms with Gasteiger partial charge in [0, 0.05) is 34.4 Å². The van der Waals surface area contributed by atoms with E-state index in [0.29, 0.717) is 6.04 Å². The van der Waals surface area contributed by atoms with E-state index in [1.165, 1.54) is 41.2 Å². The standard InChI is InChI=1S/C17H18N2/c1-3-9-16-14(7-1)15-8-2-4-10-17(15)19(16)12-13-6-5-11-18-13/h1-4,7-10,13,18H,5-6,11-12H2/t13-/m0/s1. The van der Waals surface area contributed by atoms with Crippen LogP contribution in [0.3, 0.4) is 0 Å². The second kappa shape index (κ2) is 4.39. The van der Waals surface area contributed by atoms with E-state index in [-0.39, 0.29) is 0 Å². The first-order valence-electron chi connectivity index (χ1n) is 7.13. The second-order valence-corrected chi connectivity index (χ2v) is 5.44. The molecule has 2 nitrogen and oxygen atoms in total. The monoisotopic (exact) mass is 250 g/mol. The van der Waals surface area contributed by atoms with Gasteiger partial charge in [-0.2, -0.15) is 0 Å². The Morgan fingerprint density at radius 3 is 2.16 bits per heavy atom. The van der Waals surface area contributed by atoms with Gasteiger partial charge in [-0.25, -0.2) is 0 Å². The number of hydrogen-bond acceptors (Lipinski definition) is 1. The highest BCUT2D eigenvalue weighted by molar-refractivity contribution is 6.07. The Kier molecular flexibility index (Phi) is 2.56. The van der Waals surface area contributed by atoms with Crippen LogP contribution in [-0.2, 0) is 6.54 Å². The maximum Gasteiger partial charge on any atom is 0.0491 e. The van der Waals surface area contributed by atoms with Crippen molar-refractivity contribution in [1.82, 2.24) is 9.88 Å². The van der Waals surface area contributed by atoms with E-state index in [2.05, 4.69) is 58.4 Å². The first-order chi connectivity index (χ1) is 9.43.